The molecule has 1 aromatic heterocycles. The van der Waals surface area contributed by atoms with E-state index in [1.807, 2.05) is 12.4 Å². The minimum atomic E-state index is -2.80. The van der Waals surface area contributed by atoms with E-state index in [0.717, 1.165) is 10.6 Å². The normalized spacial score (nSPS) is 12.7. The van der Waals surface area contributed by atoms with Crippen molar-refractivity contribution in [3.8, 4) is 5.75 Å². The third kappa shape index (κ3) is 3.02. The highest BCUT2D eigenvalue weighted by molar-refractivity contribution is 7.09. The molecule has 0 aliphatic carbocycles. The number of hydrogen-bond donors (Lipinski definition) is 1. The van der Waals surface area contributed by atoms with Crippen molar-refractivity contribution in [3.05, 3.63) is 46.4 Å². The van der Waals surface area contributed by atoms with Gasteiger partial charge in [0.1, 0.15) is 10.8 Å². The SMILES string of the molecule is CNC(c1ccc(OC(F)F)cc1)c1nccs1. The average molecular weight is 270 g/mol. The zero-order valence-electron chi connectivity index (χ0n) is 9.64. The zero-order valence-corrected chi connectivity index (χ0v) is 10.5. The number of alkyl halides is 2. The molecule has 2 aromatic rings. The lowest BCUT2D eigenvalue weighted by Gasteiger charge is -2.14. The number of hydrogen-bond acceptors (Lipinski definition) is 4. The molecule has 3 nitrogen and oxygen atoms in total. The lowest BCUT2D eigenvalue weighted by Crippen LogP contribution is -2.17. The Kier molecular flexibility index (Phi) is 4.22. The molecule has 0 spiro atoms. The van der Waals surface area contributed by atoms with E-state index in [-0.39, 0.29) is 11.8 Å². The van der Waals surface area contributed by atoms with Crippen molar-refractivity contribution in [2.75, 3.05) is 7.05 Å². The second-order valence-electron chi connectivity index (χ2n) is 3.54. The van der Waals surface area contributed by atoms with Gasteiger partial charge in [-0.1, -0.05) is 12.1 Å². The first kappa shape index (κ1) is 12.9. The summed E-state index contributed by atoms with van der Waals surface area (Å²) in [6.07, 6.45) is 1.73. The van der Waals surface area contributed by atoms with Crippen LogP contribution in [0, 0.1) is 0 Å². The summed E-state index contributed by atoms with van der Waals surface area (Å²) in [5, 5.41) is 5.97. The first-order valence-electron chi connectivity index (χ1n) is 5.32. The standard InChI is InChI=1S/C12H12F2N2OS/c1-15-10(11-16-6-7-18-11)8-2-4-9(5-3-8)17-12(13)14/h2-7,10,12,15H,1H3. The van der Waals surface area contributed by atoms with Crippen LogP contribution in [0.4, 0.5) is 8.78 Å². The summed E-state index contributed by atoms with van der Waals surface area (Å²) in [6.45, 7) is -2.80. The third-order valence-corrected chi connectivity index (χ3v) is 3.27. The molecule has 0 aliphatic rings. The highest BCUT2D eigenvalue weighted by atomic mass is 32.1. The number of halogens is 2. The maximum atomic E-state index is 12.0. The molecule has 2 rings (SSSR count). The van der Waals surface area contributed by atoms with E-state index in [9.17, 15) is 8.78 Å². The van der Waals surface area contributed by atoms with Gasteiger partial charge in [-0.25, -0.2) is 4.98 Å². The van der Waals surface area contributed by atoms with E-state index in [4.69, 9.17) is 0 Å². The van der Waals surface area contributed by atoms with Crippen molar-refractivity contribution in [2.24, 2.45) is 0 Å². The Morgan fingerprint density at radius 3 is 2.50 bits per heavy atom. The van der Waals surface area contributed by atoms with Crippen LogP contribution < -0.4 is 10.1 Å². The van der Waals surface area contributed by atoms with Gasteiger partial charge in [-0.3, -0.25) is 0 Å². The number of aromatic nitrogens is 1. The smallest absolute Gasteiger partial charge is 0.387 e. The minimum Gasteiger partial charge on any atom is -0.435 e. The van der Waals surface area contributed by atoms with Gasteiger partial charge < -0.3 is 10.1 Å². The number of ether oxygens (including phenoxy) is 1. The Morgan fingerprint density at radius 2 is 2.00 bits per heavy atom. The second kappa shape index (κ2) is 5.88. The van der Waals surface area contributed by atoms with Crippen molar-refractivity contribution < 1.29 is 13.5 Å². The fraction of sp³-hybridized carbons (Fsp3) is 0.250. The highest BCUT2D eigenvalue weighted by Crippen LogP contribution is 2.25. The first-order chi connectivity index (χ1) is 8.70. The molecule has 1 aromatic carbocycles. The van der Waals surface area contributed by atoms with Gasteiger partial charge in [-0.15, -0.1) is 11.3 Å². The fourth-order valence-corrected chi connectivity index (χ4v) is 2.42. The topological polar surface area (TPSA) is 34.1 Å². The highest BCUT2D eigenvalue weighted by Gasteiger charge is 2.14. The summed E-state index contributed by atoms with van der Waals surface area (Å²) in [7, 11) is 1.83. The van der Waals surface area contributed by atoms with Gasteiger partial charge in [0, 0.05) is 11.6 Å². The van der Waals surface area contributed by atoms with Crippen molar-refractivity contribution in [1.82, 2.24) is 10.3 Å². The van der Waals surface area contributed by atoms with E-state index in [1.54, 1.807) is 29.7 Å². The first-order valence-corrected chi connectivity index (χ1v) is 6.20. The van der Waals surface area contributed by atoms with Crippen LogP contribution in [-0.2, 0) is 0 Å². The monoisotopic (exact) mass is 270 g/mol. The molecule has 0 radical (unpaired) electrons. The van der Waals surface area contributed by atoms with Crippen LogP contribution in [0.15, 0.2) is 35.8 Å². The van der Waals surface area contributed by atoms with E-state index in [2.05, 4.69) is 15.0 Å². The van der Waals surface area contributed by atoms with Gasteiger partial charge in [0.2, 0.25) is 0 Å². The van der Waals surface area contributed by atoms with Crippen molar-refractivity contribution >= 4 is 11.3 Å². The molecule has 1 unspecified atom stereocenters. The average Bonchev–Trinajstić information content (AvgIpc) is 2.85. The Labute approximate surface area is 107 Å². The van der Waals surface area contributed by atoms with E-state index < -0.39 is 6.61 Å². The van der Waals surface area contributed by atoms with Crippen molar-refractivity contribution in [1.29, 1.82) is 0 Å². The summed E-state index contributed by atoms with van der Waals surface area (Å²) in [4.78, 5) is 4.24. The molecule has 0 amide bonds. The molecular formula is C12H12F2N2OS. The lowest BCUT2D eigenvalue weighted by atomic mass is 10.1. The number of nitrogens with one attached hydrogen (secondary N) is 1. The van der Waals surface area contributed by atoms with Crippen LogP contribution in [0.3, 0.4) is 0 Å². The van der Waals surface area contributed by atoms with Crippen LogP contribution in [0.5, 0.6) is 5.75 Å². The molecule has 1 atom stereocenters. The van der Waals surface area contributed by atoms with Gasteiger partial charge in [0.15, 0.2) is 0 Å². The number of thiazole rings is 1. The summed E-state index contributed by atoms with van der Waals surface area (Å²) in [5.41, 5.74) is 0.953. The van der Waals surface area contributed by atoms with Gasteiger partial charge in [0.05, 0.1) is 6.04 Å². The molecule has 1 heterocycles. The Bertz CT molecular complexity index is 473. The largest absolute Gasteiger partial charge is 0.435 e. The molecule has 0 aliphatic heterocycles. The lowest BCUT2D eigenvalue weighted by molar-refractivity contribution is -0.0498. The van der Waals surface area contributed by atoms with Gasteiger partial charge >= 0.3 is 6.61 Å². The molecule has 96 valence electrons. The van der Waals surface area contributed by atoms with Crippen LogP contribution in [0.1, 0.15) is 16.6 Å². The summed E-state index contributed by atoms with van der Waals surface area (Å²) in [5.74, 6) is 0.155. The third-order valence-electron chi connectivity index (χ3n) is 2.43. The predicted octanol–water partition coefficient (Wildman–Crippen LogP) is 3.05. The van der Waals surface area contributed by atoms with Gasteiger partial charge in [0.25, 0.3) is 0 Å². The molecule has 0 fully saturated rings. The minimum absolute atomic E-state index is 0.0365. The van der Waals surface area contributed by atoms with Crippen LogP contribution in [0.2, 0.25) is 0 Å². The summed E-state index contributed by atoms with van der Waals surface area (Å²) in [6, 6.07) is 6.52. The Balaban J connectivity index is 2.17. The molecule has 6 heteroatoms. The summed E-state index contributed by atoms with van der Waals surface area (Å²) < 4.78 is 28.4. The van der Waals surface area contributed by atoms with Crippen molar-refractivity contribution in [2.45, 2.75) is 12.7 Å². The van der Waals surface area contributed by atoms with Crippen LogP contribution >= 0.6 is 11.3 Å². The van der Waals surface area contributed by atoms with Gasteiger partial charge in [-0.2, -0.15) is 8.78 Å². The number of benzene rings is 1. The van der Waals surface area contributed by atoms with Crippen LogP contribution in [-0.4, -0.2) is 18.6 Å². The molecule has 1 N–H and O–H groups in total. The van der Waals surface area contributed by atoms with Crippen molar-refractivity contribution in [3.63, 3.8) is 0 Å². The predicted molar refractivity (Wildman–Crippen MR) is 66.1 cm³/mol. The molecule has 18 heavy (non-hydrogen) atoms. The Morgan fingerprint density at radius 1 is 1.28 bits per heavy atom. The van der Waals surface area contributed by atoms with E-state index in [0.29, 0.717) is 0 Å². The number of rotatable bonds is 5. The second-order valence-corrected chi connectivity index (χ2v) is 4.47. The quantitative estimate of drug-likeness (QED) is 0.906. The molecular weight excluding hydrogens is 258 g/mol. The summed E-state index contributed by atoms with van der Waals surface area (Å²) >= 11 is 1.54. The van der Waals surface area contributed by atoms with E-state index >= 15 is 0 Å². The molecule has 0 saturated heterocycles. The maximum Gasteiger partial charge on any atom is 0.387 e. The maximum absolute atomic E-state index is 12.0. The fourth-order valence-electron chi connectivity index (χ4n) is 1.65. The van der Waals surface area contributed by atoms with E-state index in [1.165, 1.54) is 12.1 Å². The zero-order chi connectivity index (χ0) is 13.0. The molecule has 0 saturated carbocycles. The van der Waals surface area contributed by atoms with Gasteiger partial charge in [-0.05, 0) is 24.7 Å². The molecule has 0 bridgehead atoms. The number of nitrogens with zero attached hydrogens (tertiary/aromatic N) is 1. The van der Waals surface area contributed by atoms with Crippen LogP contribution in [0.25, 0.3) is 0 Å². The Hall–Kier alpha value is -1.53.